The van der Waals surface area contributed by atoms with Gasteiger partial charge in [0.2, 0.25) is 0 Å². The van der Waals surface area contributed by atoms with Crippen LogP contribution in [0, 0.1) is 31.6 Å². The standard InChI is InChI=1S/C24H29NO6/c1-5-9-29-21(26)19-18-7-8-24(20(18)19,25-23(28)30-10-6-2)22(27)31-14-17-12-15(3)11-16(4)13-17/h5-6,11-13,18-20H,1-2,7-10,14H2,3-4H3,(H,25,28)/t18-,19+,20-,24-/m0/s1. The molecule has 0 heterocycles. The van der Waals surface area contributed by atoms with Crippen LogP contribution >= 0.6 is 0 Å². The predicted molar refractivity (Wildman–Crippen MR) is 114 cm³/mol. The van der Waals surface area contributed by atoms with Gasteiger partial charge in [0.05, 0.1) is 5.92 Å². The Hall–Kier alpha value is -3.09. The number of rotatable bonds is 9. The number of carbonyl (C=O) groups excluding carboxylic acids is 3. The summed E-state index contributed by atoms with van der Waals surface area (Å²) in [7, 11) is 0. The molecule has 0 aliphatic heterocycles. The first-order chi connectivity index (χ1) is 14.8. The summed E-state index contributed by atoms with van der Waals surface area (Å²) in [5, 5.41) is 2.71. The smallest absolute Gasteiger partial charge is 0.408 e. The van der Waals surface area contributed by atoms with E-state index in [4.69, 9.17) is 14.2 Å². The van der Waals surface area contributed by atoms with Crippen LogP contribution in [0.3, 0.4) is 0 Å². The summed E-state index contributed by atoms with van der Waals surface area (Å²) in [6, 6.07) is 5.93. The molecule has 4 atom stereocenters. The van der Waals surface area contributed by atoms with Crippen LogP contribution in [0.15, 0.2) is 43.5 Å². The second kappa shape index (κ2) is 9.37. The number of nitrogens with one attached hydrogen (secondary N) is 1. The van der Waals surface area contributed by atoms with E-state index in [1.54, 1.807) is 0 Å². The summed E-state index contributed by atoms with van der Waals surface area (Å²) in [4.78, 5) is 38.0. The lowest BCUT2D eigenvalue weighted by molar-refractivity contribution is -0.155. The van der Waals surface area contributed by atoms with Crippen molar-refractivity contribution in [1.82, 2.24) is 5.32 Å². The van der Waals surface area contributed by atoms with Gasteiger partial charge in [0.25, 0.3) is 0 Å². The minimum Gasteiger partial charge on any atom is -0.461 e. The Morgan fingerprint density at radius 2 is 1.71 bits per heavy atom. The van der Waals surface area contributed by atoms with Gasteiger partial charge in [-0.2, -0.15) is 0 Å². The lowest BCUT2D eigenvalue weighted by atomic mass is 9.90. The molecule has 0 saturated heterocycles. The molecule has 2 aliphatic carbocycles. The Balaban J connectivity index is 1.77. The van der Waals surface area contributed by atoms with E-state index in [1.807, 2.05) is 32.0 Å². The van der Waals surface area contributed by atoms with E-state index in [1.165, 1.54) is 12.2 Å². The molecule has 0 unspecified atom stereocenters. The van der Waals surface area contributed by atoms with Crippen LogP contribution in [0.2, 0.25) is 0 Å². The summed E-state index contributed by atoms with van der Waals surface area (Å²) in [5.41, 5.74) is 1.68. The highest BCUT2D eigenvalue weighted by Gasteiger charge is 2.72. The average molecular weight is 427 g/mol. The lowest BCUT2D eigenvalue weighted by Gasteiger charge is -2.30. The van der Waals surface area contributed by atoms with Gasteiger partial charge in [0, 0.05) is 5.92 Å². The molecule has 1 aromatic carbocycles. The van der Waals surface area contributed by atoms with E-state index in [2.05, 4.69) is 18.5 Å². The third-order valence-electron chi connectivity index (χ3n) is 5.90. The lowest BCUT2D eigenvalue weighted by Crippen LogP contribution is -2.56. The third-order valence-corrected chi connectivity index (χ3v) is 5.90. The van der Waals surface area contributed by atoms with Gasteiger partial charge in [-0.15, -0.1) is 0 Å². The molecule has 0 spiro atoms. The Bertz CT molecular complexity index is 874. The molecule has 7 nitrogen and oxygen atoms in total. The van der Waals surface area contributed by atoms with Crippen LogP contribution in [0.1, 0.15) is 29.5 Å². The molecular weight excluding hydrogens is 398 g/mol. The van der Waals surface area contributed by atoms with Crippen LogP contribution in [0.5, 0.6) is 0 Å². The van der Waals surface area contributed by atoms with Crippen LogP contribution in [-0.4, -0.2) is 36.8 Å². The number of fused-ring (bicyclic) bond motifs is 1. The van der Waals surface area contributed by atoms with Crippen LogP contribution in [-0.2, 0) is 30.4 Å². The van der Waals surface area contributed by atoms with Crippen molar-refractivity contribution >= 4 is 18.0 Å². The highest BCUT2D eigenvalue weighted by atomic mass is 16.6. The van der Waals surface area contributed by atoms with Gasteiger partial charge in [-0.3, -0.25) is 4.79 Å². The van der Waals surface area contributed by atoms with Crippen LogP contribution < -0.4 is 5.32 Å². The molecule has 2 saturated carbocycles. The largest absolute Gasteiger partial charge is 0.461 e. The Morgan fingerprint density at radius 1 is 1.06 bits per heavy atom. The van der Waals surface area contributed by atoms with Crippen molar-refractivity contribution in [3.8, 4) is 0 Å². The number of carbonyl (C=O) groups is 3. The van der Waals surface area contributed by atoms with Crippen molar-refractivity contribution in [3.05, 3.63) is 60.2 Å². The summed E-state index contributed by atoms with van der Waals surface area (Å²) in [6.45, 7) is 11.2. The number of hydrogen-bond acceptors (Lipinski definition) is 6. The highest BCUT2D eigenvalue weighted by Crippen LogP contribution is 2.63. The van der Waals surface area contributed by atoms with E-state index < -0.39 is 23.5 Å². The summed E-state index contributed by atoms with van der Waals surface area (Å²) in [5.74, 6) is -1.82. The normalized spacial score (nSPS) is 25.7. The van der Waals surface area contributed by atoms with Gasteiger partial charge in [-0.1, -0.05) is 54.6 Å². The van der Waals surface area contributed by atoms with Gasteiger partial charge in [-0.25, -0.2) is 9.59 Å². The van der Waals surface area contributed by atoms with Crippen molar-refractivity contribution < 1.29 is 28.6 Å². The molecule has 3 rings (SSSR count). The highest BCUT2D eigenvalue weighted by molar-refractivity contribution is 5.90. The SMILES string of the molecule is C=CCOC(=O)N[C@@]1(C(=O)OCc2cc(C)cc(C)c2)CC[C@H]2[C@@H](C(=O)OCC=C)[C@H]21. The fourth-order valence-corrected chi connectivity index (χ4v) is 4.74. The number of amides is 1. The molecule has 0 bridgehead atoms. The molecule has 2 fully saturated rings. The maximum atomic E-state index is 13.3. The van der Waals surface area contributed by atoms with Gasteiger partial charge >= 0.3 is 18.0 Å². The Kier molecular flexibility index (Phi) is 6.83. The average Bonchev–Trinajstić information content (AvgIpc) is 3.35. The minimum absolute atomic E-state index is 0.0123. The Morgan fingerprint density at radius 3 is 2.35 bits per heavy atom. The number of esters is 2. The van der Waals surface area contributed by atoms with Crippen molar-refractivity contribution in [1.29, 1.82) is 0 Å². The molecule has 7 heteroatoms. The topological polar surface area (TPSA) is 90.9 Å². The van der Waals surface area contributed by atoms with Gasteiger partial charge in [0.15, 0.2) is 0 Å². The molecule has 1 amide bonds. The van der Waals surface area contributed by atoms with Gasteiger partial charge < -0.3 is 19.5 Å². The molecular formula is C24H29NO6. The molecule has 1 N–H and O–H groups in total. The first kappa shape index (κ1) is 22.6. The number of hydrogen-bond donors (Lipinski definition) is 1. The number of alkyl carbamates (subject to hydrolysis) is 1. The van der Waals surface area contributed by atoms with Crippen LogP contribution in [0.25, 0.3) is 0 Å². The second-order valence-electron chi connectivity index (χ2n) is 8.23. The van der Waals surface area contributed by atoms with Crippen molar-refractivity contribution in [2.24, 2.45) is 17.8 Å². The zero-order valence-electron chi connectivity index (χ0n) is 18.0. The van der Waals surface area contributed by atoms with E-state index in [0.717, 1.165) is 16.7 Å². The molecule has 0 aromatic heterocycles. The maximum absolute atomic E-state index is 13.3. The molecule has 31 heavy (non-hydrogen) atoms. The van der Waals surface area contributed by atoms with E-state index in [9.17, 15) is 14.4 Å². The molecule has 166 valence electrons. The molecule has 2 aliphatic rings. The number of aryl methyl sites for hydroxylation is 2. The third kappa shape index (κ3) is 4.81. The Labute approximate surface area is 182 Å². The zero-order chi connectivity index (χ0) is 22.6. The first-order valence-electron chi connectivity index (χ1n) is 10.4. The van der Waals surface area contributed by atoms with E-state index in [-0.39, 0.29) is 37.6 Å². The fourth-order valence-electron chi connectivity index (χ4n) is 4.74. The van der Waals surface area contributed by atoms with E-state index >= 15 is 0 Å². The monoisotopic (exact) mass is 427 g/mol. The van der Waals surface area contributed by atoms with Crippen molar-refractivity contribution in [2.75, 3.05) is 13.2 Å². The van der Waals surface area contributed by atoms with Gasteiger partial charge in [-0.05, 0) is 38.2 Å². The van der Waals surface area contributed by atoms with Crippen LogP contribution in [0.4, 0.5) is 4.79 Å². The first-order valence-corrected chi connectivity index (χ1v) is 10.4. The number of benzene rings is 1. The zero-order valence-corrected chi connectivity index (χ0v) is 18.0. The summed E-state index contributed by atoms with van der Waals surface area (Å²) < 4.78 is 15.9. The molecule has 1 aromatic rings. The van der Waals surface area contributed by atoms with Crippen molar-refractivity contribution in [2.45, 2.75) is 38.8 Å². The van der Waals surface area contributed by atoms with E-state index in [0.29, 0.717) is 12.8 Å². The fraction of sp³-hybridized carbons (Fsp3) is 0.458. The summed E-state index contributed by atoms with van der Waals surface area (Å²) >= 11 is 0. The van der Waals surface area contributed by atoms with Gasteiger partial charge in [0.1, 0.15) is 25.4 Å². The summed E-state index contributed by atoms with van der Waals surface area (Å²) in [6.07, 6.45) is 3.18. The molecule has 0 radical (unpaired) electrons. The minimum atomic E-state index is -1.32. The predicted octanol–water partition coefficient (Wildman–Crippen LogP) is 3.38. The second-order valence-corrected chi connectivity index (χ2v) is 8.23. The number of ether oxygens (including phenoxy) is 3. The van der Waals surface area contributed by atoms with Crippen molar-refractivity contribution in [3.63, 3.8) is 0 Å². The quantitative estimate of drug-likeness (QED) is 0.369. The maximum Gasteiger partial charge on any atom is 0.408 e.